The molecule has 0 saturated carbocycles. The van der Waals surface area contributed by atoms with Crippen LogP contribution in [0.2, 0.25) is 0 Å². The summed E-state index contributed by atoms with van der Waals surface area (Å²) in [4.78, 5) is 0.440. The lowest BCUT2D eigenvalue weighted by Crippen LogP contribution is -2.36. The second kappa shape index (κ2) is 6.77. The van der Waals surface area contributed by atoms with Crippen molar-refractivity contribution in [2.24, 2.45) is 0 Å². The zero-order valence-corrected chi connectivity index (χ0v) is 16.6. The molecule has 0 fully saturated rings. The number of hydrogen-bond donors (Lipinski definition) is 1. The number of aryl methyl sites for hydroxylation is 2. The first kappa shape index (κ1) is 19.0. The number of benzene rings is 2. The Kier molecular flexibility index (Phi) is 4.96. The highest BCUT2D eigenvalue weighted by Gasteiger charge is 2.30. The zero-order chi connectivity index (χ0) is 19.1. The lowest BCUT2D eigenvalue weighted by molar-refractivity contribution is 0.390. The van der Waals surface area contributed by atoms with Gasteiger partial charge in [-0.2, -0.15) is 4.31 Å². The smallest absolute Gasteiger partial charge is 0.214 e. The molecule has 0 aromatic heterocycles. The summed E-state index contributed by atoms with van der Waals surface area (Å²) in [5.41, 5.74) is 3.42. The molecule has 1 aliphatic rings. The van der Waals surface area contributed by atoms with Crippen LogP contribution < -0.4 is 4.72 Å². The maximum Gasteiger partial charge on any atom is 0.243 e. The van der Waals surface area contributed by atoms with Crippen LogP contribution in [0.15, 0.2) is 46.2 Å². The lowest BCUT2D eigenvalue weighted by Gasteiger charge is -2.29. The minimum atomic E-state index is -3.64. The Morgan fingerprint density at radius 3 is 2.35 bits per heavy atom. The zero-order valence-electron chi connectivity index (χ0n) is 15.0. The topological polar surface area (TPSA) is 83.6 Å². The Hall–Kier alpha value is -1.74. The van der Waals surface area contributed by atoms with E-state index in [2.05, 4.69) is 4.72 Å². The minimum Gasteiger partial charge on any atom is -0.214 e. The Morgan fingerprint density at radius 1 is 0.962 bits per heavy atom. The van der Waals surface area contributed by atoms with E-state index in [0.29, 0.717) is 23.4 Å². The first-order valence-corrected chi connectivity index (χ1v) is 11.2. The van der Waals surface area contributed by atoms with Gasteiger partial charge in [-0.3, -0.25) is 0 Å². The summed E-state index contributed by atoms with van der Waals surface area (Å²) in [6.45, 7) is 4.25. The van der Waals surface area contributed by atoms with Crippen molar-refractivity contribution in [1.29, 1.82) is 0 Å². The van der Waals surface area contributed by atoms with E-state index in [1.54, 1.807) is 37.3 Å². The van der Waals surface area contributed by atoms with Crippen LogP contribution >= 0.6 is 0 Å². The Labute approximate surface area is 155 Å². The molecule has 0 saturated heterocycles. The van der Waals surface area contributed by atoms with Crippen molar-refractivity contribution in [2.75, 3.05) is 13.6 Å². The van der Waals surface area contributed by atoms with Gasteiger partial charge in [-0.15, -0.1) is 0 Å². The highest BCUT2D eigenvalue weighted by Crippen LogP contribution is 2.28. The van der Waals surface area contributed by atoms with Gasteiger partial charge in [0.15, 0.2) is 0 Å². The van der Waals surface area contributed by atoms with Crippen LogP contribution in [-0.4, -0.2) is 34.7 Å². The summed E-state index contributed by atoms with van der Waals surface area (Å²) in [7, 11) is -5.85. The molecule has 6 nitrogen and oxygen atoms in total. The molecule has 0 spiro atoms. The number of rotatable bonds is 4. The summed E-state index contributed by atoms with van der Waals surface area (Å²) in [6.07, 6.45) is 0.555. The molecule has 0 bridgehead atoms. The average Bonchev–Trinajstić information content (AvgIpc) is 2.60. The van der Waals surface area contributed by atoms with Gasteiger partial charge in [-0.25, -0.2) is 21.6 Å². The van der Waals surface area contributed by atoms with E-state index in [-0.39, 0.29) is 11.4 Å². The number of hydrogen-bond acceptors (Lipinski definition) is 4. The quantitative estimate of drug-likeness (QED) is 0.859. The molecule has 0 unspecified atom stereocenters. The van der Waals surface area contributed by atoms with E-state index in [4.69, 9.17) is 0 Å². The average molecular weight is 395 g/mol. The standard InChI is InChI=1S/C18H22N2O4S2/c1-13-4-7-18(14(2)10-13)26(23,24)20-9-8-15-5-6-17(11-16(15)12-20)25(21,22)19-3/h4-7,10-11,19H,8-9,12H2,1-3H3. The van der Waals surface area contributed by atoms with Crippen molar-refractivity contribution in [3.05, 3.63) is 58.7 Å². The third kappa shape index (κ3) is 3.42. The van der Waals surface area contributed by atoms with Gasteiger partial charge in [0.25, 0.3) is 0 Å². The fourth-order valence-corrected chi connectivity index (χ4v) is 5.63. The van der Waals surface area contributed by atoms with Crippen LogP contribution in [0, 0.1) is 13.8 Å². The number of sulfonamides is 2. The van der Waals surface area contributed by atoms with Gasteiger partial charge in [-0.1, -0.05) is 23.8 Å². The predicted octanol–water partition coefficient (Wildman–Crippen LogP) is 1.96. The fourth-order valence-electron chi connectivity index (χ4n) is 3.23. The van der Waals surface area contributed by atoms with Gasteiger partial charge in [0.2, 0.25) is 20.0 Å². The number of nitrogens with zero attached hydrogens (tertiary/aromatic N) is 1. The van der Waals surface area contributed by atoms with E-state index in [0.717, 1.165) is 16.7 Å². The Balaban J connectivity index is 1.98. The summed E-state index contributed by atoms with van der Waals surface area (Å²) >= 11 is 0. The van der Waals surface area contributed by atoms with Crippen molar-refractivity contribution in [3.63, 3.8) is 0 Å². The molecular formula is C18H22N2O4S2. The molecule has 26 heavy (non-hydrogen) atoms. The Bertz CT molecular complexity index is 1060. The van der Waals surface area contributed by atoms with Crippen molar-refractivity contribution in [3.8, 4) is 0 Å². The molecule has 8 heteroatoms. The van der Waals surface area contributed by atoms with Gasteiger partial charge in [0, 0.05) is 13.1 Å². The molecule has 1 N–H and O–H groups in total. The van der Waals surface area contributed by atoms with Crippen LogP contribution in [0.4, 0.5) is 0 Å². The number of nitrogens with one attached hydrogen (secondary N) is 1. The van der Waals surface area contributed by atoms with Gasteiger partial charge < -0.3 is 0 Å². The van der Waals surface area contributed by atoms with Crippen LogP contribution in [0.3, 0.4) is 0 Å². The molecule has 140 valence electrons. The van der Waals surface area contributed by atoms with Crippen LogP contribution in [-0.2, 0) is 33.0 Å². The normalized spacial score (nSPS) is 15.7. The van der Waals surface area contributed by atoms with Crippen LogP contribution in [0.25, 0.3) is 0 Å². The summed E-state index contributed by atoms with van der Waals surface area (Å²) in [5.74, 6) is 0. The molecule has 2 aromatic carbocycles. The third-order valence-corrected chi connectivity index (χ3v) is 8.10. The van der Waals surface area contributed by atoms with E-state index >= 15 is 0 Å². The molecule has 0 radical (unpaired) electrons. The van der Waals surface area contributed by atoms with E-state index < -0.39 is 20.0 Å². The second-order valence-electron chi connectivity index (χ2n) is 6.50. The first-order chi connectivity index (χ1) is 12.1. The van der Waals surface area contributed by atoms with E-state index in [9.17, 15) is 16.8 Å². The fraction of sp³-hybridized carbons (Fsp3) is 0.333. The largest absolute Gasteiger partial charge is 0.243 e. The second-order valence-corrected chi connectivity index (χ2v) is 10.3. The molecule has 1 heterocycles. The van der Waals surface area contributed by atoms with Gasteiger partial charge >= 0.3 is 0 Å². The van der Waals surface area contributed by atoms with Crippen molar-refractivity contribution < 1.29 is 16.8 Å². The number of fused-ring (bicyclic) bond motifs is 1. The maximum atomic E-state index is 13.1. The highest BCUT2D eigenvalue weighted by atomic mass is 32.2. The SMILES string of the molecule is CNS(=O)(=O)c1ccc2c(c1)CN(S(=O)(=O)c1ccc(C)cc1C)CC2. The van der Waals surface area contributed by atoms with Crippen molar-refractivity contribution in [1.82, 2.24) is 9.03 Å². The van der Waals surface area contributed by atoms with Gasteiger partial charge in [0.1, 0.15) is 0 Å². The Morgan fingerprint density at radius 2 is 1.69 bits per heavy atom. The maximum absolute atomic E-state index is 13.1. The molecular weight excluding hydrogens is 372 g/mol. The molecule has 0 amide bonds. The van der Waals surface area contributed by atoms with E-state index in [1.807, 2.05) is 13.0 Å². The van der Waals surface area contributed by atoms with Gasteiger partial charge in [-0.05, 0) is 62.2 Å². The summed E-state index contributed by atoms with van der Waals surface area (Å²) in [6, 6.07) is 10.2. The first-order valence-electron chi connectivity index (χ1n) is 8.28. The summed E-state index contributed by atoms with van der Waals surface area (Å²) in [5, 5.41) is 0. The van der Waals surface area contributed by atoms with E-state index in [1.165, 1.54) is 11.4 Å². The van der Waals surface area contributed by atoms with Crippen LogP contribution in [0.5, 0.6) is 0 Å². The molecule has 0 atom stereocenters. The molecule has 3 rings (SSSR count). The van der Waals surface area contributed by atoms with Crippen LogP contribution in [0.1, 0.15) is 22.3 Å². The highest BCUT2D eigenvalue weighted by molar-refractivity contribution is 7.89. The predicted molar refractivity (Wildman–Crippen MR) is 99.9 cm³/mol. The molecule has 0 aliphatic carbocycles. The van der Waals surface area contributed by atoms with Gasteiger partial charge in [0.05, 0.1) is 9.79 Å². The van der Waals surface area contributed by atoms with Crippen molar-refractivity contribution >= 4 is 20.0 Å². The third-order valence-electron chi connectivity index (χ3n) is 4.68. The monoisotopic (exact) mass is 394 g/mol. The lowest BCUT2D eigenvalue weighted by atomic mass is 10.0. The minimum absolute atomic E-state index is 0.143. The summed E-state index contributed by atoms with van der Waals surface area (Å²) < 4.78 is 53.9. The molecule has 2 aromatic rings. The van der Waals surface area contributed by atoms with Crippen molar-refractivity contribution in [2.45, 2.75) is 36.6 Å². The molecule has 1 aliphatic heterocycles.